The number of rotatable bonds is 7. The molecule has 1 amide bonds. The maximum absolute atomic E-state index is 12.5. The van der Waals surface area contributed by atoms with Crippen molar-refractivity contribution in [1.82, 2.24) is 9.21 Å². The Morgan fingerprint density at radius 3 is 2.27 bits per heavy atom. The van der Waals surface area contributed by atoms with Crippen LogP contribution in [0, 0.1) is 10.1 Å². The fourth-order valence-electron chi connectivity index (χ4n) is 3.03. The predicted octanol–water partition coefficient (Wildman–Crippen LogP) is 2.15. The minimum absolute atomic E-state index is 0.0494. The SMILES string of the molecule is O=C(CN1CCN(S(=O)(=O)/C=C/c2ccccc2)CC1)Nc1ccc([N+](=O)[O-])cc1. The van der Waals surface area contributed by atoms with Crippen molar-refractivity contribution < 1.29 is 18.1 Å². The lowest BCUT2D eigenvalue weighted by atomic mass is 10.2. The number of nitrogens with zero attached hydrogens (tertiary/aromatic N) is 3. The summed E-state index contributed by atoms with van der Waals surface area (Å²) in [5, 5.41) is 14.6. The van der Waals surface area contributed by atoms with Crippen molar-refractivity contribution >= 4 is 33.4 Å². The first kappa shape index (κ1) is 21.6. The van der Waals surface area contributed by atoms with E-state index in [2.05, 4.69) is 5.32 Å². The molecular weight excluding hydrogens is 408 g/mol. The summed E-state index contributed by atoms with van der Waals surface area (Å²) in [5.74, 6) is -0.260. The lowest BCUT2D eigenvalue weighted by Gasteiger charge is -2.32. The average molecular weight is 430 g/mol. The number of sulfonamides is 1. The van der Waals surface area contributed by atoms with Crippen LogP contribution in [0.15, 0.2) is 60.0 Å². The predicted molar refractivity (Wildman–Crippen MR) is 114 cm³/mol. The summed E-state index contributed by atoms with van der Waals surface area (Å²) in [6.45, 7) is 1.58. The number of hydrogen-bond donors (Lipinski definition) is 1. The molecule has 1 fully saturated rings. The number of nitro groups is 1. The molecule has 0 bridgehead atoms. The first-order chi connectivity index (χ1) is 14.3. The molecule has 3 rings (SSSR count). The zero-order chi connectivity index (χ0) is 21.6. The van der Waals surface area contributed by atoms with E-state index in [1.807, 2.05) is 35.2 Å². The second-order valence-corrected chi connectivity index (χ2v) is 8.60. The van der Waals surface area contributed by atoms with Crippen LogP contribution in [0.4, 0.5) is 11.4 Å². The lowest BCUT2D eigenvalue weighted by molar-refractivity contribution is -0.384. The standard InChI is InChI=1S/C20H22N4O5S/c25-20(21-18-6-8-19(9-7-18)24(26)27)16-22-11-13-23(14-12-22)30(28,29)15-10-17-4-2-1-3-5-17/h1-10,15H,11-14,16H2,(H,21,25)/b15-10+. The monoisotopic (exact) mass is 430 g/mol. The normalized spacial score (nSPS) is 15.9. The van der Waals surface area contributed by atoms with E-state index < -0.39 is 14.9 Å². The van der Waals surface area contributed by atoms with Gasteiger partial charge in [0, 0.05) is 49.4 Å². The molecule has 0 unspecified atom stereocenters. The summed E-state index contributed by atoms with van der Waals surface area (Å²) in [7, 11) is -3.52. The topological polar surface area (TPSA) is 113 Å². The zero-order valence-electron chi connectivity index (χ0n) is 16.2. The number of nitrogens with one attached hydrogen (secondary N) is 1. The molecule has 2 aromatic rings. The van der Waals surface area contributed by atoms with E-state index in [1.165, 1.54) is 34.0 Å². The number of hydrogen-bond acceptors (Lipinski definition) is 6. The number of carbonyl (C=O) groups is 1. The van der Waals surface area contributed by atoms with Crippen LogP contribution in [0.3, 0.4) is 0 Å². The zero-order valence-corrected chi connectivity index (χ0v) is 17.0. The van der Waals surface area contributed by atoms with Gasteiger partial charge in [-0.05, 0) is 23.8 Å². The second-order valence-electron chi connectivity index (χ2n) is 6.79. The number of anilines is 1. The van der Waals surface area contributed by atoms with Gasteiger partial charge in [-0.15, -0.1) is 0 Å². The van der Waals surface area contributed by atoms with Crippen molar-refractivity contribution in [2.45, 2.75) is 0 Å². The third kappa shape index (κ3) is 5.96. The molecule has 1 aliphatic rings. The molecule has 0 atom stereocenters. The Morgan fingerprint density at radius 1 is 1.03 bits per heavy atom. The fraction of sp³-hybridized carbons (Fsp3) is 0.250. The van der Waals surface area contributed by atoms with Gasteiger partial charge in [0.05, 0.1) is 11.5 Å². The highest BCUT2D eigenvalue weighted by molar-refractivity contribution is 7.92. The number of nitro benzene ring substituents is 1. The van der Waals surface area contributed by atoms with Crippen molar-refractivity contribution in [3.05, 3.63) is 75.7 Å². The smallest absolute Gasteiger partial charge is 0.269 e. The molecule has 0 spiro atoms. The van der Waals surface area contributed by atoms with Crippen molar-refractivity contribution in [2.75, 3.05) is 38.0 Å². The van der Waals surface area contributed by atoms with Crippen molar-refractivity contribution in [1.29, 1.82) is 0 Å². The van der Waals surface area contributed by atoms with Crippen molar-refractivity contribution in [3.63, 3.8) is 0 Å². The van der Waals surface area contributed by atoms with Gasteiger partial charge >= 0.3 is 0 Å². The maximum atomic E-state index is 12.5. The molecule has 9 nitrogen and oxygen atoms in total. The Hall–Kier alpha value is -3.08. The van der Waals surface area contributed by atoms with Gasteiger partial charge in [-0.25, -0.2) is 8.42 Å². The van der Waals surface area contributed by atoms with Crippen molar-refractivity contribution in [2.24, 2.45) is 0 Å². The Labute approximate surface area is 174 Å². The maximum Gasteiger partial charge on any atom is 0.269 e. The van der Waals surface area contributed by atoms with E-state index in [0.717, 1.165) is 5.56 Å². The average Bonchev–Trinajstić information content (AvgIpc) is 2.74. The van der Waals surface area contributed by atoms with Crippen LogP contribution in [0.25, 0.3) is 6.08 Å². The summed E-state index contributed by atoms with van der Waals surface area (Å²) in [6.07, 6.45) is 1.57. The summed E-state index contributed by atoms with van der Waals surface area (Å²) in [6, 6.07) is 14.8. The van der Waals surface area contributed by atoms with Crippen LogP contribution >= 0.6 is 0 Å². The number of piperazine rings is 1. The van der Waals surface area contributed by atoms with Gasteiger partial charge in [-0.3, -0.25) is 19.8 Å². The fourth-order valence-corrected chi connectivity index (χ4v) is 4.20. The van der Waals surface area contributed by atoms with E-state index in [0.29, 0.717) is 31.9 Å². The van der Waals surface area contributed by atoms with Crippen LogP contribution in [0.5, 0.6) is 0 Å². The Bertz CT molecular complexity index is 1010. The summed E-state index contributed by atoms with van der Waals surface area (Å²) in [4.78, 5) is 24.2. The summed E-state index contributed by atoms with van der Waals surface area (Å²) >= 11 is 0. The molecule has 0 radical (unpaired) electrons. The highest BCUT2D eigenvalue weighted by atomic mass is 32.2. The van der Waals surface area contributed by atoms with Gasteiger partial charge < -0.3 is 5.32 Å². The molecule has 30 heavy (non-hydrogen) atoms. The highest BCUT2D eigenvalue weighted by Crippen LogP contribution is 2.16. The minimum Gasteiger partial charge on any atom is -0.325 e. The number of carbonyl (C=O) groups excluding carboxylic acids is 1. The van der Waals surface area contributed by atoms with E-state index in [4.69, 9.17) is 0 Å². The van der Waals surface area contributed by atoms with Gasteiger partial charge in [0.2, 0.25) is 15.9 Å². The molecule has 158 valence electrons. The van der Waals surface area contributed by atoms with Crippen LogP contribution in [-0.4, -0.2) is 61.2 Å². The summed E-state index contributed by atoms with van der Waals surface area (Å²) < 4.78 is 26.4. The summed E-state index contributed by atoms with van der Waals surface area (Å²) in [5.41, 5.74) is 1.23. The molecule has 1 heterocycles. The Kier molecular flexibility index (Phi) is 6.93. The second kappa shape index (κ2) is 9.61. The molecule has 10 heteroatoms. The number of amides is 1. The third-order valence-corrected chi connectivity index (χ3v) is 6.22. The Balaban J connectivity index is 1.48. The molecule has 1 N–H and O–H groups in total. The van der Waals surface area contributed by atoms with Gasteiger partial charge in [-0.1, -0.05) is 30.3 Å². The molecule has 0 aromatic heterocycles. The quantitative estimate of drug-likeness (QED) is 0.532. The molecule has 2 aromatic carbocycles. The van der Waals surface area contributed by atoms with E-state index >= 15 is 0 Å². The van der Waals surface area contributed by atoms with Crippen molar-refractivity contribution in [3.8, 4) is 0 Å². The minimum atomic E-state index is -3.52. The third-order valence-electron chi connectivity index (χ3n) is 4.65. The molecule has 0 saturated carbocycles. The van der Waals surface area contributed by atoms with Crippen LogP contribution in [0.1, 0.15) is 5.56 Å². The van der Waals surface area contributed by atoms with E-state index in [9.17, 15) is 23.3 Å². The van der Waals surface area contributed by atoms with Gasteiger partial charge in [0.15, 0.2) is 0 Å². The molecule has 1 aliphatic heterocycles. The van der Waals surface area contributed by atoms with E-state index in [1.54, 1.807) is 6.08 Å². The molecule has 0 aliphatic carbocycles. The Morgan fingerprint density at radius 2 is 1.67 bits per heavy atom. The largest absolute Gasteiger partial charge is 0.325 e. The van der Waals surface area contributed by atoms with Crippen LogP contribution in [-0.2, 0) is 14.8 Å². The number of non-ortho nitro benzene ring substituents is 1. The first-order valence-electron chi connectivity index (χ1n) is 9.33. The molecule has 1 saturated heterocycles. The van der Waals surface area contributed by atoms with Crippen LogP contribution < -0.4 is 5.32 Å². The van der Waals surface area contributed by atoms with Gasteiger partial charge in [0.25, 0.3) is 5.69 Å². The highest BCUT2D eigenvalue weighted by Gasteiger charge is 2.26. The van der Waals surface area contributed by atoms with Crippen LogP contribution in [0.2, 0.25) is 0 Å². The van der Waals surface area contributed by atoms with Gasteiger partial charge in [0.1, 0.15) is 0 Å². The molecular formula is C20H22N4O5S. The lowest BCUT2D eigenvalue weighted by Crippen LogP contribution is -2.49. The number of benzene rings is 2. The van der Waals surface area contributed by atoms with E-state index in [-0.39, 0.29) is 18.1 Å². The first-order valence-corrected chi connectivity index (χ1v) is 10.8. The van der Waals surface area contributed by atoms with Gasteiger partial charge in [-0.2, -0.15) is 4.31 Å².